The molecule has 0 saturated heterocycles. The highest BCUT2D eigenvalue weighted by molar-refractivity contribution is 9.12. The first kappa shape index (κ1) is 17.6. The van der Waals surface area contributed by atoms with Crippen LogP contribution in [0.5, 0.6) is 0 Å². The highest BCUT2D eigenvalue weighted by Gasteiger charge is 2.61. The summed E-state index contributed by atoms with van der Waals surface area (Å²) in [5.41, 5.74) is 2.84. The second kappa shape index (κ2) is 6.10. The molecule has 1 aromatic rings. The fourth-order valence-electron chi connectivity index (χ4n) is 1.42. The molecule has 0 bridgehead atoms. The molecule has 0 aliphatic heterocycles. The Morgan fingerprint density at radius 3 is 2.43 bits per heavy atom. The van der Waals surface area contributed by atoms with Crippen molar-refractivity contribution in [3.63, 3.8) is 0 Å². The number of hydrogen-bond acceptors (Lipinski definition) is 4. The number of nitrogens with two attached hydrogens (primary N) is 1. The molecule has 5 nitrogen and oxygen atoms in total. The van der Waals surface area contributed by atoms with Gasteiger partial charge < -0.3 is 10.8 Å². The summed E-state index contributed by atoms with van der Waals surface area (Å²) in [6.45, 7) is -1.08. The number of nitrogens with zero attached hydrogens (tertiary/aromatic N) is 3. The molecule has 11 heteroatoms. The quantitative estimate of drug-likeness (QED) is 0.625. The molecule has 0 radical (unpaired) electrons. The van der Waals surface area contributed by atoms with Gasteiger partial charge in [0.2, 0.25) is 0 Å². The normalized spacial score (nSPS) is 14.2. The molecule has 0 aliphatic carbocycles. The van der Waals surface area contributed by atoms with Crippen molar-refractivity contribution in [3.8, 4) is 0 Å². The van der Waals surface area contributed by atoms with Crippen LogP contribution in [0.25, 0.3) is 0 Å². The Hall–Kier alpha value is -1.49. The van der Waals surface area contributed by atoms with Gasteiger partial charge in [0.1, 0.15) is 5.69 Å². The molecule has 118 valence electrons. The van der Waals surface area contributed by atoms with E-state index in [4.69, 9.17) is 10.8 Å². The third-order valence-electron chi connectivity index (χ3n) is 2.39. The van der Waals surface area contributed by atoms with E-state index in [2.05, 4.69) is 26.0 Å². The van der Waals surface area contributed by atoms with E-state index in [1.807, 2.05) is 0 Å². The molecule has 0 saturated carbocycles. The lowest BCUT2D eigenvalue weighted by atomic mass is 10.1. The van der Waals surface area contributed by atoms with Crippen LogP contribution in [0, 0.1) is 0 Å². The third kappa shape index (κ3) is 3.40. The van der Waals surface area contributed by atoms with Gasteiger partial charge in [0.05, 0.1) is 16.7 Å². The highest BCUT2D eigenvalue weighted by Crippen LogP contribution is 2.46. The number of aryl methyl sites for hydroxylation is 1. The van der Waals surface area contributed by atoms with E-state index in [0.717, 1.165) is 19.5 Å². The largest absolute Gasteiger partial charge is 0.459 e. The van der Waals surface area contributed by atoms with Crippen molar-refractivity contribution in [2.75, 3.05) is 0 Å². The SMILES string of the molecule is Cn1nc(C(F)(F)C(F)(F)F)c(CO)c1N=CC(Br)=CN. The van der Waals surface area contributed by atoms with Crippen molar-refractivity contribution in [2.24, 2.45) is 17.8 Å². The summed E-state index contributed by atoms with van der Waals surface area (Å²) >= 11 is 2.95. The highest BCUT2D eigenvalue weighted by atomic mass is 79.9. The lowest BCUT2D eigenvalue weighted by Gasteiger charge is -2.18. The minimum atomic E-state index is -5.83. The lowest BCUT2D eigenvalue weighted by molar-refractivity contribution is -0.291. The van der Waals surface area contributed by atoms with Gasteiger partial charge in [0, 0.05) is 19.5 Å². The summed E-state index contributed by atoms with van der Waals surface area (Å²) in [6.07, 6.45) is -3.67. The first-order valence-corrected chi connectivity index (χ1v) is 6.08. The summed E-state index contributed by atoms with van der Waals surface area (Å²) in [7, 11) is 1.13. The van der Waals surface area contributed by atoms with E-state index in [1.165, 1.54) is 0 Å². The van der Waals surface area contributed by atoms with Crippen molar-refractivity contribution in [3.05, 3.63) is 21.9 Å². The van der Waals surface area contributed by atoms with Crippen LogP contribution >= 0.6 is 15.9 Å². The molecular formula is C10H10BrF5N4O. The smallest absolute Gasteiger partial charge is 0.404 e. The van der Waals surface area contributed by atoms with Gasteiger partial charge in [-0.1, -0.05) is 0 Å². The number of hydrogen-bond donors (Lipinski definition) is 2. The summed E-state index contributed by atoms with van der Waals surface area (Å²) in [5.74, 6) is -5.53. The molecule has 0 aromatic carbocycles. The fourth-order valence-corrected chi connectivity index (χ4v) is 1.52. The Morgan fingerprint density at radius 1 is 1.43 bits per heavy atom. The molecule has 1 heterocycles. The van der Waals surface area contributed by atoms with Gasteiger partial charge in [-0.3, -0.25) is 4.68 Å². The number of aliphatic hydroxyl groups is 1. The van der Waals surface area contributed by atoms with Crippen LogP contribution in [-0.4, -0.2) is 27.3 Å². The maximum absolute atomic E-state index is 13.4. The van der Waals surface area contributed by atoms with Crippen molar-refractivity contribution in [1.29, 1.82) is 0 Å². The van der Waals surface area contributed by atoms with Crippen LogP contribution in [0.2, 0.25) is 0 Å². The average molecular weight is 377 g/mol. The Kier molecular flexibility index (Phi) is 5.10. The van der Waals surface area contributed by atoms with E-state index in [9.17, 15) is 22.0 Å². The minimum Gasteiger partial charge on any atom is -0.404 e. The van der Waals surface area contributed by atoms with Crippen LogP contribution in [0.3, 0.4) is 0 Å². The van der Waals surface area contributed by atoms with E-state index in [0.29, 0.717) is 4.68 Å². The van der Waals surface area contributed by atoms with Gasteiger partial charge in [-0.25, -0.2) is 4.99 Å². The van der Waals surface area contributed by atoms with Crippen LogP contribution in [0.15, 0.2) is 15.7 Å². The standard InChI is InChI=1S/C10H10BrF5N4O/c1-20-8(18-3-5(11)2-17)6(4-21)7(19-20)9(12,13)10(14,15)16/h2-3,21H,4,17H2,1H3. The summed E-state index contributed by atoms with van der Waals surface area (Å²) in [5, 5.41) is 12.2. The zero-order valence-corrected chi connectivity index (χ0v) is 12.1. The Balaban J connectivity index is 3.43. The van der Waals surface area contributed by atoms with Crippen molar-refractivity contribution in [2.45, 2.75) is 18.7 Å². The number of halogens is 6. The summed E-state index contributed by atoms with van der Waals surface area (Å²) in [4.78, 5) is 3.68. The van der Waals surface area contributed by atoms with Crippen LogP contribution in [0.4, 0.5) is 27.8 Å². The molecule has 0 unspecified atom stereocenters. The maximum Gasteiger partial charge on any atom is 0.459 e. The number of alkyl halides is 5. The Labute approximate surface area is 124 Å². The number of aliphatic imine (C=N–C) groups is 1. The molecule has 0 spiro atoms. The summed E-state index contributed by atoms with van der Waals surface area (Å²) < 4.78 is 64.9. The van der Waals surface area contributed by atoms with E-state index >= 15 is 0 Å². The zero-order chi connectivity index (χ0) is 16.4. The molecule has 0 fully saturated rings. The molecule has 1 rings (SSSR count). The molecule has 21 heavy (non-hydrogen) atoms. The average Bonchev–Trinajstić information content (AvgIpc) is 2.71. The number of aromatic nitrogens is 2. The minimum absolute atomic E-state index is 0.261. The second-order valence-electron chi connectivity index (χ2n) is 3.81. The second-order valence-corrected chi connectivity index (χ2v) is 4.73. The van der Waals surface area contributed by atoms with Crippen LogP contribution in [0.1, 0.15) is 11.3 Å². The van der Waals surface area contributed by atoms with Gasteiger partial charge in [0.25, 0.3) is 0 Å². The molecule has 3 N–H and O–H groups in total. The monoisotopic (exact) mass is 376 g/mol. The molecule has 0 aliphatic rings. The lowest BCUT2D eigenvalue weighted by Crippen LogP contribution is -2.35. The molecule has 0 atom stereocenters. The predicted octanol–water partition coefficient (Wildman–Crippen LogP) is 2.46. The first-order chi connectivity index (χ1) is 9.56. The van der Waals surface area contributed by atoms with Crippen molar-refractivity contribution in [1.82, 2.24) is 9.78 Å². The predicted molar refractivity (Wildman–Crippen MR) is 68.4 cm³/mol. The van der Waals surface area contributed by atoms with E-state index in [1.54, 1.807) is 0 Å². The number of allylic oxidation sites excluding steroid dienone is 1. The molecule has 1 aromatic heterocycles. The number of rotatable bonds is 4. The van der Waals surface area contributed by atoms with Gasteiger partial charge in [-0.05, 0) is 15.9 Å². The topological polar surface area (TPSA) is 76.4 Å². The number of aliphatic hydroxyl groups excluding tert-OH is 1. The van der Waals surface area contributed by atoms with Gasteiger partial charge >= 0.3 is 12.1 Å². The van der Waals surface area contributed by atoms with E-state index in [-0.39, 0.29) is 10.3 Å². The zero-order valence-electron chi connectivity index (χ0n) is 10.5. The van der Waals surface area contributed by atoms with Crippen LogP contribution < -0.4 is 5.73 Å². The van der Waals surface area contributed by atoms with Crippen molar-refractivity contribution < 1.29 is 27.1 Å². The third-order valence-corrected chi connectivity index (χ3v) is 2.86. The Bertz CT molecular complexity index is 579. The maximum atomic E-state index is 13.4. The van der Waals surface area contributed by atoms with Crippen LogP contribution in [-0.2, 0) is 19.6 Å². The van der Waals surface area contributed by atoms with Gasteiger partial charge in [-0.15, -0.1) is 0 Å². The fraction of sp³-hybridized carbons (Fsp3) is 0.400. The first-order valence-electron chi connectivity index (χ1n) is 5.29. The Morgan fingerprint density at radius 2 is 2.00 bits per heavy atom. The summed E-state index contributed by atoms with van der Waals surface area (Å²) in [6, 6.07) is 0. The molecular weight excluding hydrogens is 367 g/mol. The molecule has 0 amide bonds. The van der Waals surface area contributed by atoms with Crippen molar-refractivity contribution >= 4 is 28.0 Å². The van der Waals surface area contributed by atoms with E-state index < -0.39 is 30.0 Å². The van der Waals surface area contributed by atoms with Gasteiger partial charge in [0.15, 0.2) is 5.82 Å². The van der Waals surface area contributed by atoms with Gasteiger partial charge in [-0.2, -0.15) is 27.1 Å².